The number of hydrogen-bond acceptors (Lipinski definition) is 4. The summed E-state index contributed by atoms with van der Waals surface area (Å²) in [6.07, 6.45) is 3.72. The SMILES string of the molecule is CCCCOc1ccccc1NC(=O)c1ccc(S(=O)(=O)N2CCC(C)CC2)cc1. The maximum absolute atomic E-state index is 12.8. The van der Waals surface area contributed by atoms with Gasteiger partial charge >= 0.3 is 0 Å². The van der Waals surface area contributed by atoms with E-state index < -0.39 is 10.0 Å². The second kappa shape index (κ2) is 10.1. The molecule has 1 aliphatic heterocycles. The average molecular weight is 431 g/mol. The Hall–Kier alpha value is -2.38. The van der Waals surface area contributed by atoms with Crippen LogP contribution in [0.25, 0.3) is 0 Å². The van der Waals surface area contributed by atoms with Crippen LogP contribution in [0.2, 0.25) is 0 Å². The lowest BCUT2D eigenvalue weighted by Gasteiger charge is -2.29. The summed E-state index contributed by atoms with van der Waals surface area (Å²) >= 11 is 0. The van der Waals surface area contributed by atoms with Gasteiger partial charge in [-0.25, -0.2) is 8.42 Å². The summed E-state index contributed by atoms with van der Waals surface area (Å²) in [4.78, 5) is 12.9. The monoisotopic (exact) mass is 430 g/mol. The van der Waals surface area contributed by atoms with Crippen LogP contribution in [0.15, 0.2) is 53.4 Å². The van der Waals surface area contributed by atoms with E-state index in [0.717, 1.165) is 25.7 Å². The number of ether oxygens (including phenoxy) is 1. The van der Waals surface area contributed by atoms with Gasteiger partial charge in [-0.05, 0) is 61.6 Å². The number of amides is 1. The highest BCUT2D eigenvalue weighted by molar-refractivity contribution is 7.89. The number of nitrogens with one attached hydrogen (secondary N) is 1. The molecule has 0 bridgehead atoms. The molecule has 0 radical (unpaired) electrons. The minimum Gasteiger partial charge on any atom is -0.491 e. The highest BCUT2D eigenvalue weighted by atomic mass is 32.2. The van der Waals surface area contributed by atoms with Crippen LogP contribution in [0.5, 0.6) is 5.75 Å². The number of anilines is 1. The predicted molar refractivity (Wildman–Crippen MR) is 118 cm³/mol. The molecule has 0 spiro atoms. The van der Waals surface area contributed by atoms with Crippen LogP contribution in [-0.4, -0.2) is 38.3 Å². The number of sulfonamides is 1. The van der Waals surface area contributed by atoms with Crippen LogP contribution in [0.1, 0.15) is 49.9 Å². The Morgan fingerprint density at radius 1 is 1.10 bits per heavy atom. The summed E-state index contributed by atoms with van der Waals surface area (Å²) in [6.45, 7) is 5.91. The van der Waals surface area contributed by atoms with Crippen molar-refractivity contribution >= 4 is 21.6 Å². The van der Waals surface area contributed by atoms with Gasteiger partial charge in [0.2, 0.25) is 10.0 Å². The molecule has 1 fully saturated rings. The van der Waals surface area contributed by atoms with Gasteiger partial charge in [-0.1, -0.05) is 32.4 Å². The molecule has 3 rings (SSSR count). The van der Waals surface area contributed by atoms with E-state index in [2.05, 4.69) is 19.2 Å². The number of nitrogens with zero attached hydrogens (tertiary/aromatic N) is 1. The van der Waals surface area contributed by atoms with Crippen molar-refractivity contribution in [2.24, 2.45) is 5.92 Å². The molecule has 0 aliphatic carbocycles. The van der Waals surface area contributed by atoms with Gasteiger partial charge in [-0.3, -0.25) is 4.79 Å². The van der Waals surface area contributed by atoms with Gasteiger partial charge < -0.3 is 10.1 Å². The standard InChI is InChI=1S/C23H30N2O4S/c1-3-4-17-29-22-8-6-5-7-21(22)24-23(26)19-9-11-20(12-10-19)30(27,28)25-15-13-18(2)14-16-25/h5-12,18H,3-4,13-17H2,1-2H3,(H,24,26). The third-order valence-corrected chi connectivity index (χ3v) is 7.30. The van der Waals surface area contributed by atoms with E-state index in [1.165, 1.54) is 16.4 Å². The molecule has 7 heteroatoms. The summed E-state index contributed by atoms with van der Waals surface area (Å²) < 4.78 is 33.0. The zero-order valence-corrected chi connectivity index (χ0v) is 18.5. The molecule has 6 nitrogen and oxygen atoms in total. The summed E-state index contributed by atoms with van der Waals surface area (Å²) in [5.74, 6) is 0.867. The quantitative estimate of drug-likeness (QED) is 0.624. The van der Waals surface area contributed by atoms with Crippen molar-refractivity contribution in [3.63, 3.8) is 0 Å². The Balaban J connectivity index is 1.69. The fourth-order valence-electron chi connectivity index (χ4n) is 3.37. The molecule has 1 saturated heterocycles. The van der Waals surface area contributed by atoms with Crippen molar-refractivity contribution in [2.75, 3.05) is 25.0 Å². The summed E-state index contributed by atoms with van der Waals surface area (Å²) in [7, 11) is -3.52. The third kappa shape index (κ3) is 5.40. The smallest absolute Gasteiger partial charge is 0.255 e. The third-order valence-electron chi connectivity index (χ3n) is 5.39. The van der Waals surface area contributed by atoms with E-state index in [-0.39, 0.29) is 10.8 Å². The molecule has 0 atom stereocenters. The van der Waals surface area contributed by atoms with Gasteiger partial charge in [0.05, 0.1) is 17.2 Å². The van der Waals surface area contributed by atoms with Gasteiger partial charge in [0.15, 0.2) is 0 Å². The Labute approximate surface area is 179 Å². The van der Waals surface area contributed by atoms with Crippen LogP contribution in [-0.2, 0) is 10.0 Å². The first kappa shape index (κ1) is 22.3. The van der Waals surface area contributed by atoms with Crippen molar-refractivity contribution in [1.82, 2.24) is 4.31 Å². The summed E-state index contributed by atoms with van der Waals surface area (Å²) in [5, 5.41) is 2.86. The molecule has 1 heterocycles. The molecule has 1 amide bonds. The van der Waals surface area contributed by atoms with Crippen molar-refractivity contribution in [3.05, 3.63) is 54.1 Å². The average Bonchev–Trinajstić information content (AvgIpc) is 2.75. The Morgan fingerprint density at radius 2 is 1.77 bits per heavy atom. The Kier molecular flexibility index (Phi) is 7.50. The Morgan fingerprint density at radius 3 is 2.43 bits per heavy atom. The van der Waals surface area contributed by atoms with Crippen LogP contribution in [0.4, 0.5) is 5.69 Å². The number of hydrogen-bond donors (Lipinski definition) is 1. The van der Waals surface area contributed by atoms with Gasteiger partial charge in [-0.2, -0.15) is 4.31 Å². The molecule has 0 aromatic heterocycles. The molecule has 0 unspecified atom stereocenters. The molecular weight excluding hydrogens is 400 g/mol. The number of para-hydroxylation sites is 2. The molecule has 30 heavy (non-hydrogen) atoms. The van der Waals surface area contributed by atoms with E-state index in [1.54, 1.807) is 18.2 Å². The highest BCUT2D eigenvalue weighted by Crippen LogP contribution is 2.26. The van der Waals surface area contributed by atoms with E-state index in [4.69, 9.17) is 4.74 Å². The van der Waals surface area contributed by atoms with E-state index in [0.29, 0.717) is 42.6 Å². The van der Waals surface area contributed by atoms with Gasteiger partial charge in [0, 0.05) is 18.7 Å². The molecule has 2 aromatic carbocycles. The topological polar surface area (TPSA) is 75.7 Å². The number of carbonyl (C=O) groups is 1. The van der Waals surface area contributed by atoms with Gasteiger partial charge in [0.1, 0.15) is 5.75 Å². The first-order valence-corrected chi connectivity index (χ1v) is 12.0. The maximum atomic E-state index is 12.8. The van der Waals surface area contributed by atoms with Crippen LogP contribution in [0, 0.1) is 5.92 Å². The first-order valence-electron chi connectivity index (χ1n) is 10.5. The molecular formula is C23H30N2O4S. The van der Waals surface area contributed by atoms with Gasteiger partial charge in [-0.15, -0.1) is 0 Å². The minimum atomic E-state index is -3.52. The lowest BCUT2D eigenvalue weighted by Crippen LogP contribution is -2.37. The van der Waals surface area contributed by atoms with Crippen molar-refractivity contribution in [1.29, 1.82) is 0 Å². The normalized spacial score (nSPS) is 15.7. The second-order valence-electron chi connectivity index (χ2n) is 7.76. The molecule has 0 saturated carbocycles. The summed E-state index contributed by atoms with van der Waals surface area (Å²) in [5.41, 5.74) is 0.988. The lowest BCUT2D eigenvalue weighted by molar-refractivity contribution is 0.102. The minimum absolute atomic E-state index is 0.219. The fourth-order valence-corrected chi connectivity index (χ4v) is 4.84. The first-order chi connectivity index (χ1) is 14.4. The van der Waals surface area contributed by atoms with E-state index >= 15 is 0 Å². The van der Waals surface area contributed by atoms with Crippen LogP contribution < -0.4 is 10.1 Å². The molecule has 2 aromatic rings. The highest BCUT2D eigenvalue weighted by Gasteiger charge is 2.28. The maximum Gasteiger partial charge on any atom is 0.255 e. The van der Waals surface area contributed by atoms with E-state index in [1.807, 2.05) is 18.2 Å². The lowest BCUT2D eigenvalue weighted by atomic mass is 10.0. The number of unbranched alkanes of at least 4 members (excludes halogenated alkanes) is 1. The zero-order chi connectivity index (χ0) is 21.6. The van der Waals surface area contributed by atoms with Crippen LogP contribution in [0.3, 0.4) is 0 Å². The van der Waals surface area contributed by atoms with Gasteiger partial charge in [0.25, 0.3) is 5.91 Å². The van der Waals surface area contributed by atoms with E-state index in [9.17, 15) is 13.2 Å². The van der Waals surface area contributed by atoms with Crippen LogP contribution >= 0.6 is 0 Å². The number of carbonyl (C=O) groups excluding carboxylic acids is 1. The Bertz CT molecular complexity index is 949. The number of piperidine rings is 1. The second-order valence-corrected chi connectivity index (χ2v) is 9.70. The molecule has 1 aliphatic rings. The predicted octanol–water partition coefficient (Wildman–Crippen LogP) is 4.54. The largest absolute Gasteiger partial charge is 0.491 e. The van der Waals surface area contributed by atoms with Crippen molar-refractivity contribution in [3.8, 4) is 5.75 Å². The number of benzene rings is 2. The zero-order valence-electron chi connectivity index (χ0n) is 17.6. The van der Waals surface area contributed by atoms with Crippen molar-refractivity contribution < 1.29 is 17.9 Å². The van der Waals surface area contributed by atoms with Crippen molar-refractivity contribution in [2.45, 2.75) is 44.4 Å². The molecule has 162 valence electrons. The molecule has 1 N–H and O–H groups in total. The fraction of sp³-hybridized carbons (Fsp3) is 0.435. The summed E-state index contributed by atoms with van der Waals surface area (Å²) in [6, 6.07) is 13.4. The number of rotatable bonds is 8.